The second kappa shape index (κ2) is 7.67. The second-order valence-electron chi connectivity index (χ2n) is 6.60. The molecule has 0 N–H and O–H groups in total. The molecule has 0 bridgehead atoms. The zero-order chi connectivity index (χ0) is 19.7. The monoisotopic (exact) mass is 403 g/mol. The van der Waals surface area contributed by atoms with Gasteiger partial charge in [0, 0.05) is 19.0 Å². The summed E-state index contributed by atoms with van der Waals surface area (Å²) in [6, 6.07) is 10.4. The van der Waals surface area contributed by atoms with Crippen LogP contribution in [-0.4, -0.2) is 34.0 Å². The molecule has 0 saturated carbocycles. The van der Waals surface area contributed by atoms with Gasteiger partial charge in [0.15, 0.2) is 0 Å². The number of hydrogen-bond donors (Lipinski definition) is 0. The summed E-state index contributed by atoms with van der Waals surface area (Å²) in [6.07, 6.45) is 1.16. The van der Waals surface area contributed by atoms with Gasteiger partial charge in [-0.2, -0.15) is 4.98 Å². The van der Waals surface area contributed by atoms with Gasteiger partial charge in [-0.25, -0.2) is 8.78 Å². The zero-order valence-electron chi connectivity index (χ0n) is 14.7. The lowest BCUT2D eigenvalue weighted by Crippen LogP contribution is -2.38. The SMILES string of the molecule is O=C(c1c(F)cccc1Cl)N1CCC(c2nc(-c3ccccc3F)no2)CC1. The smallest absolute Gasteiger partial charge is 0.258 e. The molecule has 5 nitrogen and oxygen atoms in total. The van der Waals surface area contributed by atoms with Crippen LogP contribution in [0.2, 0.25) is 5.02 Å². The molecule has 2 heterocycles. The Hall–Kier alpha value is -2.80. The number of aromatic nitrogens is 2. The molecule has 1 fully saturated rings. The lowest BCUT2D eigenvalue weighted by atomic mass is 9.96. The Morgan fingerprint density at radius 3 is 2.50 bits per heavy atom. The molecule has 8 heteroatoms. The zero-order valence-corrected chi connectivity index (χ0v) is 15.5. The number of nitrogens with zero attached hydrogens (tertiary/aromatic N) is 3. The molecule has 4 rings (SSSR count). The summed E-state index contributed by atoms with van der Waals surface area (Å²) in [6.45, 7) is 0.817. The minimum absolute atomic E-state index is 0.0480. The van der Waals surface area contributed by atoms with Gasteiger partial charge >= 0.3 is 0 Å². The van der Waals surface area contributed by atoms with Crippen LogP contribution < -0.4 is 0 Å². The number of piperidine rings is 1. The van der Waals surface area contributed by atoms with Crippen LogP contribution in [0.3, 0.4) is 0 Å². The molecule has 1 aromatic heterocycles. The Kier molecular flexibility index (Phi) is 5.09. The largest absolute Gasteiger partial charge is 0.339 e. The first kappa shape index (κ1) is 18.6. The minimum atomic E-state index is -0.633. The lowest BCUT2D eigenvalue weighted by Gasteiger charge is -2.30. The second-order valence-corrected chi connectivity index (χ2v) is 7.01. The van der Waals surface area contributed by atoms with Crippen molar-refractivity contribution in [2.24, 2.45) is 0 Å². The summed E-state index contributed by atoms with van der Waals surface area (Å²) in [7, 11) is 0. The highest BCUT2D eigenvalue weighted by molar-refractivity contribution is 6.33. The van der Waals surface area contributed by atoms with Crippen LogP contribution in [0.1, 0.15) is 35.0 Å². The van der Waals surface area contributed by atoms with Crippen LogP contribution in [-0.2, 0) is 0 Å². The number of hydrogen-bond acceptors (Lipinski definition) is 4. The molecule has 1 saturated heterocycles. The Labute approximate surface area is 164 Å². The van der Waals surface area contributed by atoms with E-state index in [1.807, 2.05) is 0 Å². The number of carbonyl (C=O) groups is 1. The van der Waals surface area contributed by atoms with Crippen LogP contribution in [0.25, 0.3) is 11.4 Å². The van der Waals surface area contributed by atoms with E-state index in [0.29, 0.717) is 31.8 Å². The molecule has 0 atom stereocenters. The molecule has 3 aromatic rings. The molecule has 0 spiro atoms. The summed E-state index contributed by atoms with van der Waals surface area (Å²) < 4.78 is 33.2. The van der Waals surface area contributed by atoms with Crippen molar-refractivity contribution >= 4 is 17.5 Å². The molecule has 144 valence electrons. The van der Waals surface area contributed by atoms with Gasteiger partial charge in [-0.1, -0.05) is 35.0 Å². The first-order valence-corrected chi connectivity index (χ1v) is 9.24. The van der Waals surface area contributed by atoms with E-state index in [0.717, 1.165) is 0 Å². The van der Waals surface area contributed by atoms with Gasteiger partial charge < -0.3 is 9.42 Å². The predicted octanol–water partition coefficient (Wildman–Crippen LogP) is 4.69. The van der Waals surface area contributed by atoms with Crippen molar-refractivity contribution in [2.75, 3.05) is 13.1 Å². The van der Waals surface area contributed by atoms with E-state index in [9.17, 15) is 13.6 Å². The van der Waals surface area contributed by atoms with Crippen LogP contribution in [0.4, 0.5) is 8.78 Å². The molecule has 1 amide bonds. The summed E-state index contributed by atoms with van der Waals surface area (Å²) in [5, 5.41) is 3.97. The normalized spacial score (nSPS) is 15.0. The van der Waals surface area contributed by atoms with Crippen molar-refractivity contribution < 1.29 is 18.1 Å². The van der Waals surface area contributed by atoms with Gasteiger partial charge in [-0.3, -0.25) is 4.79 Å². The van der Waals surface area contributed by atoms with E-state index in [1.165, 1.54) is 24.3 Å². The molecule has 2 aromatic carbocycles. The Balaban J connectivity index is 1.45. The molecule has 0 aliphatic carbocycles. The molecular weight excluding hydrogens is 388 g/mol. The number of rotatable bonds is 3. The van der Waals surface area contributed by atoms with Gasteiger partial charge in [0.2, 0.25) is 11.7 Å². The fraction of sp³-hybridized carbons (Fsp3) is 0.250. The highest BCUT2D eigenvalue weighted by Gasteiger charge is 2.30. The number of halogens is 3. The number of benzene rings is 2. The Bertz CT molecular complexity index is 996. The van der Waals surface area contributed by atoms with E-state index in [1.54, 1.807) is 23.1 Å². The van der Waals surface area contributed by atoms with E-state index < -0.39 is 17.5 Å². The fourth-order valence-electron chi connectivity index (χ4n) is 3.34. The maximum Gasteiger partial charge on any atom is 0.258 e. The van der Waals surface area contributed by atoms with Gasteiger partial charge in [0.1, 0.15) is 11.6 Å². The van der Waals surface area contributed by atoms with E-state index in [2.05, 4.69) is 10.1 Å². The van der Waals surface area contributed by atoms with Crippen molar-refractivity contribution in [2.45, 2.75) is 18.8 Å². The van der Waals surface area contributed by atoms with E-state index in [-0.39, 0.29) is 27.9 Å². The maximum absolute atomic E-state index is 14.0. The van der Waals surface area contributed by atoms with Gasteiger partial charge in [-0.15, -0.1) is 0 Å². The predicted molar refractivity (Wildman–Crippen MR) is 99.0 cm³/mol. The van der Waals surface area contributed by atoms with Crippen LogP contribution >= 0.6 is 11.6 Å². The summed E-state index contributed by atoms with van der Waals surface area (Å²) >= 11 is 5.99. The van der Waals surface area contributed by atoms with Crippen LogP contribution in [0.15, 0.2) is 47.0 Å². The van der Waals surface area contributed by atoms with Gasteiger partial charge in [0.05, 0.1) is 16.1 Å². The fourth-order valence-corrected chi connectivity index (χ4v) is 3.59. The summed E-state index contributed by atoms with van der Waals surface area (Å²) in [4.78, 5) is 18.5. The van der Waals surface area contributed by atoms with E-state index >= 15 is 0 Å². The summed E-state index contributed by atoms with van der Waals surface area (Å²) in [5.74, 6) is -0.922. The quantitative estimate of drug-likeness (QED) is 0.636. The van der Waals surface area contributed by atoms with Crippen LogP contribution in [0, 0.1) is 11.6 Å². The third-order valence-corrected chi connectivity index (χ3v) is 5.18. The van der Waals surface area contributed by atoms with Crippen molar-refractivity contribution in [1.82, 2.24) is 15.0 Å². The van der Waals surface area contributed by atoms with Crippen LogP contribution in [0.5, 0.6) is 0 Å². The molecule has 1 aliphatic heterocycles. The lowest BCUT2D eigenvalue weighted by molar-refractivity contribution is 0.0700. The van der Waals surface area contributed by atoms with Gasteiger partial charge in [0.25, 0.3) is 5.91 Å². The molecular formula is C20H16ClF2N3O2. The number of carbonyl (C=O) groups excluding carboxylic acids is 1. The molecule has 0 radical (unpaired) electrons. The van der Waals surface area contributed by atoms with Crippen molar-refractivity contribution in [3.8, 4) is 11.4 Å². The molecule has 28 heavy (non-hydrogen) atoms. The summed E-state index contributed by atoms with van der Waals surface area (Å²) in [5.41, 5.74) is 0.168. The Morgan fingerprint density at radius 1 is 1.07 bits per heavy atom. The molecule has 0 unspecified atom stereocenters. The van der Waals surface area contributed by atoms with Gasteiger partial charge in [-0.05, 0) is 37.1 Å². The average molecular weight is 404 g/mol. The first-order valence-electron chi connectivity index (χ1n) is 8.86. The van der Waals surface area contributed by atoms with Crippen molar-refractivity contribution in [3.05, 3.63) is 70.6 Å². The standard InChI is InChI=1S/C20H16ClF2N3O2/c21-14-5-3-7-16(23)17(14)20(27)26-10-8-12(9-11-26)19-24-18(25-28-19)13-4-1-2-6-15(13)22/h1-7,12H,8-11H2. The van der Waals surface area contributed by atoms with Crippen molar-refractivity contribution in [3.63, 3.8) is 0 Å². The van der Waals surface area contributed by atoms with Crippen molar-refractivity contribution in [1.29, 1.82) is 0 Å². The Morgan fingerprint density at radius 2 is 1.79 bits per heavy atom. The van der Waals surface area contributed by atoms with E-state index in [4.69, 9.17) is 16.1 Å². The third kappa shape index (κ3) is 3.49. The maximum atomic E-state index is 14.0. The number of amides is 1. The minimum Gasteiger partial charge on any atom is -0.339 e. The highest BCUT2D eigenvalue weighted by atomic mass is 35.5. The first-order chi connectivity index (χ1) is 13.5. The highest BCUT2D eigenvalue weighted by Crippen LogP contribution is 2.30. The third-order valence-electron chi connectivity index (χ3n) is 4.86. The molecule has 1 aliphatic rings. The number of likely N-dealkylation sites (tertiary alicyclic amines) is 1. The topological polar surface area (TPSA) is 59.2 Å². The average Bonchev–Trinajstić information content (AvgIpc) is 3.18.